The quantitative estimate of drug-likeness (QED) is 0.645. The molecule has 0 atom stereocenters. The zero-order chi connectivity index (χ0) is 13.9. The Morgan fingerprint density at radius 3 is 3.05 bits per heavy atom. The largest absolute Gasteiger partial charge is 0.491 e. The third-order valence-corrected chi connectivity index (χ3v) is 3.67. The molecule has 0 saturated heterocycles. The zero-order valence-electron chi connectivity index (χ0n) is 10.7. The first-order valence-electron chi connectivity index (χ1n) is 6.23. The van der Waals surface area contributed by atoms with Crippen molar-refractivity contribution in [2.24, 2.45) is 5.84 Å². The van der Waals surface area contributed by atoms with Crippen LogP contribution in [0, 0.1) is 0 Å². The number of para-hydroxylation sites is 1. The van der Waals surface area contributed by atoms with Gasteiger partial charge in [0.2, 0.25) is 5.95 Å². The highest BCUT2D eigenvalue weighted by Crippen LogP contribution is 2.29. The molecule has 2 aromatic rings. The van der Waals surface area contributed by atoms with Gasteiger partial charge in [-0.05, 0) is 22.0 Å². The van der Waals surface area contributed by atoms with Gasteiger partial charge in [0.15, 0.2) is 0 Å². The van der Waals surface area contributed by atoms with E-state index in [-0.39, 0.29) is 0 Å². The van der Waals surface area contributed by atoms with Crippen LogP contribution in [0.2, 0.25) is 0 Å². The van der Waals surface area contributed by atoms with Crippen molar-refractivity contribution in [2.75, 3.05) is 23.5 Å². The van der Waals surface area contributed by atoms with Crippen molar-refractivity contribution >= 4 is 27.7 Å². The smallest absolute Gasteiger partial charge is 0.239 e. The fourth-order valence-corrected chi connectivity index (χ4v) is 2.60. The van der Waals surface area contributed by atoms with Gasteiger partial charge in [-0.3, -0.25) is 5.43 Å². The summed E-state index contributed by atoms with van der Waals surface area (Å²) in [5.74, 6) is 7.49. The van der Waals surface area contributed by atoms with Crippen LogP contribution in [0.25, 0.3) is 0 Å². The van der Waals surface area contributed by atoms with Gasteiger partial charge in [-0.1, -0.05) is 18.2 Å². The van der Waals surface area contributed by atoms with Crippen molar-refractivity contribution < 1.29 is 4.74 Å². The Labute approximate surface area is 125 Å². The molecule has 0 radical (unpaired) electrons. The van der Waals surface area contributed by atoms with E-state index in [1.54, 1.807) is 6.20 Å². The highest BCUT2D eigenvalue weighted by Gasteiger charge is 2.19. The molecular formula is C13H14BrN5O. The minimum atomic E-state index is 0.390. The maximum atomic E-state index is 5.76. The molecule has 7 heteroatoms. The third kappa shape index (κ3) is 2.54. The first kappa shape index (κ1) is 13.1. The van der Waals surface area contributed by atoms with Crippen LogP contribution < -0.4 is 20.9 Å². The molecular weight excluding hydrogens is 322 g/mol. The molecule has 3 N–H and O–H groups in total. The normalized spacial score (nSPS) is 14.2. The van der Waals surface area contributed by atoms with Crippen molar-refractivity contribution in [1.82, 2.24) is 9.97 Å². The standard InChI is InChI=1S/C13H14BrN5O/c14-10-7-16-13(18-15)17-12(10)19-5-6-20-11-4-2-1-3-9(11)8-19/h1-4,7H,5-6,8,15H2,(H,16,17,18). The Balaban J connectivity index is 1.95. The van der Waals surface area contributed by atoms with Gasteiger partial charge in [-0.15, -0.1) is 0 Å². The molecule has 0 saturated carbocycles. The number of nitrogens with zero attached hydrogens (tertiary/aromatic N) is 3. The number of halogens is 1. The number of nitrogen functional groups attached to an aromatic ring is 1. The monoisotopic (exact) mass is 335 g/mol. The van der Waals surface area contributed by atoms with E-state index in [0.29, 0.717) is 12.6 Å². The second-order valence-corrected chi connectivity index (χ2v) is 5.24. The van der Waals surface area contributed by atoms with Crippen LogP contribution in [0.1, 0.15) is 5.56 Å². The van der Waals surface area contributed by atoms with Crippen LogP contribution >= 0.6 is 15.9 Å². The molecule has 1 aromatic carbocycles. The second kappa shape index (κ2) is 5.64. The van der Waals surface area contributed by atoms with Crippen molar-refractivity contribution in [3.8, 4) is 5.75 Å². The molecule has 1 aromatic heterocycles. The molecule has 6 nitrogen and oxygen atoms in total. The lowest BCUT2D eigenvalue weighted by atomic mass is 10.2. The van der Waals surface area contributed by atoms with Crippen molar-refractivity contribution in [3.05, 3.63) is 40.5 Å². The predicted molar refractivity (Wildman–Crippen MR) is 80.5 cm³/mol. The van der Waals surface area contributed by atoms with Crippen molar-refractivity contribution in [2.45, 2.75) is 6.54 Å². The van der Waals surface area contributed by atoms with E-state index < -0.39 is 0 Å². The number of nitrogens with two attached hydrogens (primary N) is 1. The van der Waals surface area contributed by atoms with Gasteiger partial charge in [0, 0.05) is 18.3 Å². The lowest BCUT2D eigenvalue weighted by molar-refractivity contribution is 0.331. The van der Waals surface area contributed by atoms with Crippen molar-refractivity contribution in [1.29, 1.82) is 0 Å². The predicted octanol–water partition coefficient (Wildman–Crippen LogP) is 1.92. The highest BCUT2D eigenvalue weighted by molar-refractivity contribution is 9.10. The Hall–Kier alpha value is -1.86. The number of benzene rings is 1. The number of nitrogens with one attached hydrogen (secondary N) is 1. The lowest BCUT2D eigenvalue weighted by Gasteiger charge is -2.22. The molecule has 0 amide bonds. The van der Waals surface area contributed by atoms with E-state index in [1.165, 1.54) is 0 Å². The van der Waals surface area contributed by atoms with Crippen LogP contribution in [0.4, 0.5) is 11.8 Å². The van der Waals surface area contributed by atoms with Gasteiger partial charge in [0.1, 0.15) is 18.2 Å². The molecule has 0 aliphatic carbocycles. The van der Waals surface area contributed by atoms with E-state index in [9.17, 15) is 0 Å². The highest BCUT2D eigenvalue weighted by atomic mass is 79.9. The molecule has 0 bridgehead atoms. The van der Waals surface area contributed by atoms with Crippen molar-refractivity contribution in [3.63, 3.8) is 0 Å². The molecule has 104 valence electrons. The molecule has 0 unspecified atom stereocenters. The Kier molecular flexibility index (Phi) is 3.70. The van der Waals surface area contributed by atoms with Gasteiger partial charge in [-0.2, -0.15) is 4.98 Å². The summed E-state index contributed by atoms with van der Waals surface area (Å²) in [6.45, 7) is 2.09. The van der Waals surface area contributed by atoms with E-state index in [4.69, 9.17) is 10.6 Å². The first-order valence-corrected chi connectivity index (χ1v) is 7.02. The number of ether oxygens (including phenoxy) is 1. The van der Waals surface area contributed by atoms with Crippen LogP contribution in [-0.2, 0) is 6.54 Å². The molecule has 20 heavy (non-hydrogen) atoms. The number of hydrogen-bond donors (Lipinski definition) is 2. The Bertz CT molecular complexity index is 621. The first-order chi connectivity index (χ1) is 9.78. The average Bonchev–Trinajstić information content (AvgIpc) is 2.70. The van der Waals surface area contributed by atoms with Gasteiger partial charge in [-0.25, -0.2) is 10.8 Å². The lowest BCUT2D eigenvalue weighted by Crippen LogP contribution is -2.27. The summed E-state index contributed by atoms with van der Waals surface area (Å²) in [6, 6.07) is 8.03. The molecule has 0 spiro atoms. The van der Waals surface area contributed by atoms with Gasteiger partial charge >= 0.3 is 0 Å². The Morgan fingerprint density at radius 2 is 2.20 bits per heavy atom. The Morgan fingerprint density at radius 1 is 1.35 bits per heavy atom. The fraction of sp³-hybridized carbons (Fsp3) is 0.231. The summed E-state index contributed by atoms with van der Waals surface area (Å²) in [7, 11) is 0. The number of aromatic nitrogens is 2. The maximum Gasteiger partial charge on any atom is 0.239 e. The molecule has 2 heterocycles. The fourth-order valence-electron chi connectivity index (χ4n) is 2.16. The second-order valence-electron chi connectivity index (χ2n) is 4.39. The minimum absolute atomic E-state index is 0.390. The van der Waals surface area contributed by atoms with Gasteiger partial charge in [0.05, 0.1) is 11.0 Å². The topological polar surface area (TPSA) is 76.3 Å². The van der Waals surface area contributed by atoms with E-state index >= 15 is 0 Å². The van der Waals surface area contributed by atoms with E-state index in [0.717, 1.165) is 34.7 Å². The number of rotatable bonds is 2. The minimum Gasteiger partial charge on any atom is -0.491 e. The molecule has 1 aliphatic heterocycles. The van der Waals surface area contributed by atoms with Crippen LogP contribution in [0.5, 0.6) is 5.75 Å². The summed E-state index contributed by atoms with van der Waals surface area (Å²) in [5.41, 5.74) is 3.60. The van der Waals surface area contributed by atoms with Crippen LogP contribution in [0.15, 0.2) is 34.9 Å². The molecule has 0 fully saturated rings. The summed E-state index contributed by atoms with van der Waals surface area (Å²) < 4.78 is 6.59. The number of fused-ring (bicyclic) bond motifs is 1. The summed E-state index contributed by atoms with van der Waals surface area (Å²) in [5, 5.41) is 0. The van der Waals surface area contributed by atoms with Crippen LogP contribution in [-0.4, -0.2) is 23.1 Å². The maximum absolute atomic E-state index is 5.76. The van der Waals surface area contributed by atoms with Gasteiger partial charge in [0.25, 0.3) is 0 Å². The molecule has 3 rings (SSSR count). The average molecular weight is 336 g/mol. The summed E-state index contributed by atoms with van der Waals surface area (Å²) in [4.78, 5) is 10.6. The third-order valence-electron chi connectivity index (χ3n) is 3.11. The number of hydrazine groups is 1. The zero-order valence-corrected chi connectivity index (χ0v) is 12.3. The summed E-state index contributed by atoms with van der Waals surface area (Å²) in [6.07, 6.45) is 1.69. The number of anilines is 2. The van der Waals surface area contributed by atoms with Crippen LogP contribution in [0.3, 0.4) is 0 Å². The SMILES string of the molecule is NNc1ncc(Br)c(N2CCOc3ccccc3C2)n1. The van der Waals surface area contributed by atoms with E-state index in [1.807, 2.05) is 18.2 Å². The summed E-state index contributed by atoms with van der Waals surface area (Å²) >= 11 is 3.48. The number of hydrogen-bond acceptors (Lipinski definition) is 6. The van der Waals surface area contributed by atoms with E-state index in [2.05, 4.69) is 42.3 Å². The molecule has 1 aliphatic rings. The van der Waals surface area contributed by atoms with Gasteiger partial charge < -0.3 is 9.64 Å².